The summed E-state index contributed by atoms with van der Waals surface area (Å²) < 4.78 is 0. The van der Waals surface area contributed by atoms with Crippen molar-refractivity contribution >= 4 is 17.7 Å². The number of nitrogens with zero attached hydrogens (tertiary/aromatic N) is 1. The molecular weight excluding hydrogens is 260 g/mol. The van der Waals surface area contributed by atoms with Crippen LogP contribution in [0.2, 0.25) is 0 Å². The van der Waals surface area contributed by atoms with E-state index < -0.39 is 10.5 Å². The molecule has 0 bridgehead atoms. The van der Waals surface area contributed by atoms with Gasteiger partial charge < -0.3 is 10.4 Å². The number of rotatable bonds is 5. The molecule has 1 aliphatic rings. The number of nitro benzene ring substituents is 1. The van der Waals surface area contributed by atoms with Gasteiger partial charge in [-0.1, -0.05) is 12.1 Å². The van der Waals surface area contributed by atoms with Crippen LogP contribution >= 0.6 is 0 Å². The zero-order valence-electron chi connectivity index (χ0n) is 10.9. The quantitative estimate of drug-likeness (QED) is 0.486. The second-order valence-corrected chi connectivity index (χ2v) is 4.97. The molecule has 0 heterocycles. The Kier molecular flexibility index (Phi) is 4.14. The second-order valence-electron chi connectivity index (χ2n) is 4.97. The van der Waals surface area contributed by atoms with E-state index in [4.69, 9.17) is 0 Å². The van der Waals surface area contributed by atoms with E-state index in [0.29, 0.717) is 5.56 Å². The number of carbonyl (C=O) groups is 1. The van der Waals surface area contributed by atoms with Gasteiger partial charge in [-0.3, -0.25) is 14.9 Å². The maximum atomic E-state index is 11.8. The first-order valence-corrected chi connectivity index (χ1v) is 6.40. The number of hydrogen-bond donors (Lipinski definition) is 2. The van der Waals surface area contributed by atoms with Gasteiger partial charge in [0, 0.05) is 18.2 Å². The highest BCUT2D eigenvalue weighted by molar-refractivity contribution is 5.92. The summed E-state index contributed by atoms with van der Waals surface area (Å²) in [5.41, 5.74) is 0.0868. The van der Waals surface area contributed by atoms with Crippen LogP contribution in [0.1, 0.15) is 24.8 Å². The molecule has 2 rings (SSSR count). The fourth-order valence-electron chi connectivity index (χ4n) is 2.14. The fourth-order valence-corrected chi connectivity index (χ4v) is 2.14. The molecule has 6 heteroatoms. The van der Waals surface area contributed by atoms with Gasteiger partial charge in [-0.05, 0) is 30.9 Å². The van der Waals surface area contributed by atoms with Crippen molar-refractivity contribution in [2.75, 3.05) is 6.61 Å². The molecule has 6 nitrogen and oxygen atoms in total. The number of nitrogens with one attached hydrogen (secondary N) is 1. The second kappa shape index (κ2) is 5.83. The molecule has 0 aliphatic heterocycles. The van der Waals surface area contributed by atoms with E-state index in [0.717, 1.165) is 19.3 Å². The van der Waals surface area contributed by atoms with Gasteiger partial charge in [-0.25, -0.2) is 0 Å². The van der Waals surface area contributed by atoms with Crippen molar-refractivity contribution in [1.29, 1.82) is 0 Å². The van der Waals surface area contributed by atoms with Gasteiger partial charge in [0.1, 0.15) is 0 Å². The van der Waals surface area contributed by atoms with Crippen LogP contribution in [0.5, 0.6) is 0 Å². The van der Waals surface area contributed by atoms with E-state index in [2.05, 4.69) is 5.32 Å². The van der Waals surface area contributed by atoms with Crippen LogP contribution < -0.4 is 5.32 Å². The van der Waals surface area contributed by atoms with Crippen molar-refractivity contribution in [3.8, 4) is 0 Å². The van der Waals surface area contributed by atoms with E-state index in [1.54, 1.807) is 12.1 Å². The lowest BCUT2D eigenvalue weighted by Gasteiger charge is -2.40. The van der Waals surface area contributed by atoms with Gasteiger partial charge in [-0.2, -0.15) is 0 Å². The number of carbonyl (C=O) groups excluding carboxylic acids is 1. The van der Waals surface area contributed by atoms with Crippen LogP contribution in [0.25, 0.3) is 6.08 Å². The normalized spacial score (nSPS) is 16.6. The van der Waals surface area contributed by atoms with Gasteiger partial charge in [0.15, 0.2) is 0 Å². The van der Waals surface area contributed by atoms with Gasteiger partial charge >= 0.3 is 0 Å². The van der Waals surface area contributed by atoms with Crippen molar-refractivity contribution in [1.82, 2.24) is 5.32 Å². The summed E-state index contributed by atoms with van der Waals surface area (Å²) in [7, 11) is 0. The third-order valence-electron chi connectivity index (χ3n) is 3.51. The van der Waals surface area contributed by atoms with Crippen molar-refractivity contribution < 1.29 is 14.8 Å². The number of amides is 1. The van der Waals surface area contributed by atoms with Crippen LogP contribution in [0.3, 0.4) is 0 Å². The number of non-ortho nitro benzene ring substituents is 1. The van der Waals surface area contributed by atoms with Crippen LogP contribution in [0, 0.1) is 10.1 Å². The molecule has 0 atom stereocenters. The Balaban J connectivity index is 2.00. The van der Waals surface area contributed by atoms with Gasteiger partial charge in [0.25, 0.3) is 5.69 Å². The Labute approximate surface area is 116 Å². The SMILES string of the molecule is O=C(/C=C/c1cccc([N+](=O)[O-])c1)NC1(CO)CCC1. The number of aliphatic hydroxyl groups is 1. The topological polar surface area (TPSA) is 92.5 Å². The summed E-state index contributed by atoms with van der Waals surface area (Å²) in [6.45, 7) is -0.0661. The predicted octanol–water partition coefficient (Wildman–Crippen LogP) is 1.64. The van der Waals surface area contributed by atoms with E-state index >= 15 is 0 Å². The van der Waals surface area contributed by atoms with Crippen LogP contribution in [0.15, 0.2) is 30.3 Å². The lowest BCUT2D eigenvalue weighted by molar-refractivity contribution is -0.384. The van der Waals surface area contributed by atoms with Crippen molar-refractivity contribution in [2.45, 2.75) is 24.8 Å². The zero-order chi connectivity index (χ0) is 14.6. The molecule has 1 fully saturated rings. The summed E-state index contributed by atoms with van der Waals surface area (Å²) in [5, 5.41) is 22.7. The number of aliphatic hydroxyl groups excluding tert-OH is 1. The highest BCUT2D eigenvalue weighted by Crippen LogP contribution is 2.31. The molecule has 0 unspecified atom stereocenters. The van der Waals surface area contributed by atoms with E-state index in [1.807, 2.05) is 0 Å². The summed E-state index contributed by atoms with van der Waals surface area (Å²) in [4.78, 5) is 21.9. The van der Waals surface area contributed by atoms with E-state index in [9.17, 15) is 20.0 Å². The molecule has 0 saturated heterocycles. The molecule has 1 aromatic carbocycles. The minimum Gasteiger partial charge on any atom is -0.394 e. The van der Waals surface area contributed by atoms with Gasteiger partial charge in [0.2, 0.25) is 5.91 Å². The maximum Gasteiger partial charge on any atom is 0.270 e. The molecule has 0 aromatic heterocycles. The summed E-state index contributed by atoms with van der Waals surface area (Å²) in [6.07, 6.45) is 5.40. The average Bonchev–Trinajstić information content (AvgIpc) is 2.41. The minimum absolute atomic E-state index is 0.0154. The summed E-state index contributed by atoms with van der Waals surface area (Å²) in [6, 6.07) is 6.04. The Bertz CT molecular complexity index is 544. The Morgan fingerprint density at radius 2 is 2.25 bits per heavy atom. The molecule has 0 radical (unpaired) electrons. The summed E-state index contributed by atoms with van der Waals surface area (Å²) in [5.74, 6) is -0.301. The molecule has 2 N–H and O–H groups in total. The zero-order valence-corrected chi connectivity index (χ0v) is 10.9. The molecule has 1 amide bonds. The third-order valence-corrected chi connectivity index (χ3v) is 3.51. The number of hydrogen-bond acceptors (Lipinski definition) is 4. The first kappa shape index (κ1) is 14.2. The smallest absolute Gasteiger partial charge is 0.270 e. The highest BCUT2D eigenvalue weighted by Gasteiger charge is 2.37. The van der Waals surface area contributed by atoms with E-state index in [-0.39, 0.29) is 18.2 Å². The Hall–Kier alpha value is -2.21. The number of benzene rings is 1. The molecule has 1 aromatic rings. The van der Waals surface area contributed by atoms with Crippen LogP contribution in [-0.4, -0.2) is 28.1 Å². The molecule has 0 spiro atoms. The number of nitro groups is 1. The molecule has 1 saturated carbocycles. The maximum absolute atomic E-state index is 11.8. The Morgan fingerprint density at radius 3 is 2.80 bits per heavy atom. The van der Waals surface area contributed by atoms with E-state index in [1.165, 1.54) is 24.3 Å². The van der Waals surface area contributed by atoms with Crippen molar-refractivity contribution in [2.24, 2.45) is 0 Å². The lowest BCUT2D eigenvalue weighted by Crippen LogP contribution is -2.55. The molecule has 106 valence electrons. The van der Waals surface area contributed by atoms with Crippen LogP contribution in [0.4, 0.5) is 5.69 Å². The largest absolute Gasteiger partial charge is 0.394 e. The molecule has 1 aliphatic carbocycles. The molecular formula is C14H16N2O4. The van der Waals surface area contributed by atoms with Crippen molar-refractivity contribution in [3.63, 3.8) is 0 Å². The standard InChI is InChI=1S/C14H16N2O4/c17-10-14(7-2-8-14)15-13(18)6-5-11-3-1-4-12(9-11)16(19)20/h1,3-6,9,17H,2,7-8,10H2,(H,15,18)/b6-5+. The highest BCUT2D eigenvalue weighted by atomic mass is 16.6. The van der Waals surface area contributed by atoms with Gasteiger partial charge in [-0.15, -0.1) is 0 Å². The average molecular weight is 276 g/mol. The Morgan fingerprint density at radius 1 is 1.50 bits per heavy atom. The monoisotopic (exact) mass is 276 g/mol. The predicted molar refractivity (Wildman–Crippen MR) is 73.9 cm³/mol. The molecule has 20 heavy (non-hydrogen) atoms. The first-order valence-electron chi connectivity index (χ1n) is 6.40. The van der Waals surface area contributed by atoms with Gasteiger partial charge in [0.05, 0.1) is 17.1 Å². The third kappa shape index (κ3) is 3.21. The lowest BCUT2D eigenvalue weighted by atomic mass is 9.77. The van der Waals surface area contributed by atoms with Crippen LogP contribution in [-0.2, 0) is 4.79 Å². The van der Waals surface area contributed by atoms with Crippen molar-refractivity contribution in [3.05, 3.63) is 46.0 Å². The minimum atomic E-state index is -0.482. The first-order chi connectivity index (χ1) is 9.54. The fraction of sp³-hybridized carbons (Fsp3) is 0.357. The summed E-state index contributed by atoms with van der Waals surface area (Å²) >= 11 is 0.